The zero-order valence-corrected chi connectivity index (χ0v) is 23.1. The summed E-state index contributed by atoms with van der Waals surface area (Å²) in [5.74, 6) is 1.65. The zero-order valence-electron chi connectivity index (χ0n) is 22.2. The molecule has 7 nitrogen and oxygen atoms in total. The fourth-order valence-electron chi connectivity index (χ4n) is 4.75. The van der Waals surface area contributed by atoms with Crippen molar-refractivity contribution in [3.8, 4) is 28.5 Å². The third-order valence-corrected chi connectivity index (χ3v) is 7.45. The highest BCUT2D eigenvalue weighted by atomic mass is 32.1. The van der Waals surface area contributed by atoms with Crippen LogP contribution in [0.3, 0.4) is 0 Å². The Hall–Kier alpha value is -4.95. The Labute approximate surface area is 235 Å². The van der Waals surface area contributed by atoms with Crippen molar-refractivity contribution in [3.05, 3.63) is 107 Å². The molecule has 0 aliphatic heterocycles. The second-order valence-corrected chi connectivity index (χ2v) is 9.77. The van der Waals surface area contributed by atoms with Crippen molar-refractivity contribution in [1.82, 2.24) is 9.66 Å². The lowest BCUT2D eigenvalue weighted by Crippen LogP contribution is -2.12. The van der Waals surface area contributed by atoms with Gasteiger partial charge in [0.2, 0.25) is 10.6 Å². The van der Waals surface area contributed by atoms with E-state index in [1.54, 1.807) is 33.7 Å². The Balaban J connectivity index is 1.59. The number of hydrogen-bond acceptors (Lipinski definition) is 7. The van der Waals surface area contributed by atoms with E-state index in [1.807, 2.05) is 40.5 Å². The lowest BCUT2D eigenvalue weighted by Gasteiger charge is -2.14. The Morgan fingerprint density at radius 2 is 1.48 bits per heavy atom. The normalized spacial score (nSPS) is 11.9. The molecule has 6 rings (SSSR count). The second-order valence-electron chi connectivity index (χ2n) is 8.93. The lowest BCUT2D eigenvalue weighted by molar-refractivity contribution is 0.324. The summed E-state index contributed by atoms with van der Waals surface area (Å²) >= 11 is 1.49. The molecule has 0 spiro atoms. The minimum atomic E-state index is 0.529. The molecule has 6 aromatic rings. The van der Waals surface area contributed by atoms with Crippen molar-refractivity contribution in [2.75, 3.05) is 21.3 Å². The number of rotatable bonds is 7. The van der Waals surface area contributed by atoms with Crippen LogP contribution < -0.4 is 19.0 Å². The van der Waals surface area contributed by atoms with E-state index in [-0.39, 0.29) is 0 Å². The van der Waals surface area contributed by atoms with Crippen molar-refractivity contribution >= 4 is 44.8 Å². The third kappa shape index (κ3) is 4.69. The number of fused-ring (bicyclic) bond motifs is 2. The molecule has 2 heterocycles. The first kappa shape index (κ1) is 25.3. The average molecular weight is 547 g/mol. The molecule has 40 heavy (non-hydrogen) atoms. The number of pyridine rings is 1. The number of nitrogens with zero attached hydrogens (tertiary/aromatic N) is 4. The minimum absolute atomic E-state index is 0.529. The summed E-state index contributed by atoms with van der Waals surface area (Å²) in [5.41, 5.74) is 3.45. The van der Waals surface area contributed by atoms with E-state index in [2.05, 4.69) is 59.6 Å². The van der Waals surface area contributed by atoms with Crippen LogP contribution in [0.4, 0.5) is 5.69 Å². The molecule has 198 valence electrons. The number of benzene rings is 4. The molecule has 0 atom stereocenters. The lowest BCUT2D eigenvalue weighted by atomic mass is 9.97. The minimum Gasteiger partial charge on any atom is -0.493 e. The quantitative estimate of drug-likeness (QED) is 0.159. The molecule has 4 aromatic carbocycles. The number of aromatic nitrogens is 2. The topological polar surface area (TPSA) is 70.2 Å². The molecule has 0 saturated carbocycles. The van der Waals surface area contributed by atoms with Gasteiger partial charge in [-0.3, -0.25) is 4.98 Å². The van der Waals surface area contributed by atoms with Gasteiger partial charge < -0.3 is 14.2 Å². The molecule has 0 aliphatic carbocycles. The van der Waals surface area contributed by atoms with Gasteiger partial charge in [-0.25, -0.2) is 9.67 Å². The standard InChI is InChI=1S/C32H26N4O3S/c1-37-29-16-23(17-30(38-2)31(29)39-3)28-20-40-32(35-24-11-8-14-33-18-24)36(28)34-19-27-25-12-6-4-9-21(25)15-22-10-5-7-13-26(22)27/h4-20H,1-3H3. The summed E-state index contributed by atoms with van der Waals surface area (Å²) < 4.78 is 18.6. The largest absolute Gasteiger partial charge is 0.493 e. The van der Waals surface area contributed by atoms with E-state index >= 15 is 0 Å². The molecule has 2 aromatic heterocycles. The van der Waals surface area contributed by atoms with Crippen LogP contribution in [0.15, 0.2) is 107 Å². The maximum atomic E-state index is 5.63. The van der Waals surface area contributed by atoms with E-state index in [1.165, 1.54) is 11.3 Å². The molecule has 0 amide bonds. The second kappa shape index (κ2) is 11.0. The van der Waals surface area contributed by atoms with E-state index in [0.29, 0.717) is 22.0 Å². The van der Waals surface area contributed by atoms with Gasteiger partial charge in [-0.15, -0.1) is 11.3 Å². The van der Waals surface area contributed by atoms with Crippen molar-refractivity contribution in [2.24, 2.45) is 10.1 Å². The Morgan fingerprint density at radius 1 is 0.800 bits per heavy atom. The van der Waals surface area contributed by atoms with Crippen LogP contribution in [-0.4, -0.2) is 37.2 Å². The molecule has 0 N–H and O–H groups in total. The van der Waals surface area contributed by atoms with Gasteiger partial charge in [-0.1, -0.05) is 48.5 Å². The monoisotopic (exact) mass is 546 g/mol. The van der Waals surface area contributed by atoms with Gasteiger partial charge in [0.05, 0.1) is 45.1 Å². The van der Waals surface area contributed by atoms with Crippen LogP contribution in [0.1, 0.15) is 5.56 Å². The van der Waals surface area contributed by atoms with Gasteiger partial charge in [-0.2, -0.15) is 5.10 Å². The molecule has 0 saturated heterocycles. The highest BCUT2D eigenvalue weighted by Crippen LogP contribution is 2.41. The highest BCUT2D eigenvalue weighted by Gasteiger charge is 2.17. The van der Waals surface area contributed by atoms with Gasteiger partial charge in [0.1, 0.15) is 0 Å². The molecule has 0 fully saturated rings. The first-order chi connectivity index (χ1) is 19.7. The van der Waals surface area contributed by atoms with Crippen LogP contribution in [0.5, 0.6) is 17.2 Å². The number of hydrogen-bond donors (Lipinski definition) is 0. The van der Waals surface area contributed by atoms with Crippen molar-refractivity contribution < 1.29 is 14.2 Å². The predicted molar refractivity (Wildman–Crippen MR) is 161 cm³/mol. The van der Waals surface area contributed by atoms with Crippen LogP contribution in [0, 0.1) is 0 Å². The molecule has 0 radical (unpaired) electrons. The number of methoxy groups -OCH3 is 3. The molecule has 8 heteroatoms. The van der Waals surface area contributed by atoms with Crippen LogP contribution in [-0.2, 0) is 0 Å². The Bertz CT molecular complexity index is 1850. The summed E-state index contributed by atoms with van der Waals surface area (Å²) in [6.45, 7) is 0. The summed E-state index contributed by atoms with van der Waals surface area (Å²) in [4.78, 5) is 9.77. The first-order valence-corrected chi connectivity index (χ1v) is 13.5. The fourth-order valence-corrected chi connectivity index (χ4v) is 5.61. The SMILES string of the molecule is COc1cc(-c2csc(=Nc3cccnc3)n2N=Cc2c3ccccc3cc3ccccc23)cc(OC)c1OC. The van der Waals surface area contributed by atoms with Crippen LogP contribution in [0.2, 0.25) is 0 Å². The van der Waals surface area contributed by atoms with Gasteiger partial charge >= 0.3 is 0 Å². The maximum absolute atomic E-state index is 5.63. The first-order valence-electron chi connectivity index (χ1n) is 12.6. The molecule has 0 unspecified atom stereocenters. The van der Waals surface area contributed by atoms with Crippen molar-refractivity contribution in [2.45, 2.75) is 0 Å². The number of thiazole rings is 1. The maximum Gasteiger partial charge on any atom is 0.211 e. The fraction of sp³-hybridized carbons (Fsp3) is 0.0938. The van der Waals surface area contributed by atoms with Gasteiger partial charge in [0, 0.05) is 22.7 Å². The summed E-state index contributed by atoms with van der Waals surface area (Å²) in [7, 11) is 4.81. The molecule has 0 bridgehead atoms. The molecular weight excluding hydrogens is 520 g/mol. The van der Waals surface area contributed by atoms with E-state index in [9.17, 15) is 0 Å². The van der Waals surface area contributed by atoms with Crippen molar-refractivity contribution in [3.63, 3.8) is 0 Å². The van der Waals surface area contributed by atoms with E-state index in [4.69, 9.17) is 24.3 Å². The molecule has 0 aliphatic rings. The third-order valence-electron chi connectivity index (χ3n) is 6.63. The van der Waals surface area contributed by atoms with Gasteiger partial charge in [0.15, 0.2) is 11.5 Å². The summed E-state index contributed by atoms with van der Waals surface area (Å²) in [5, 5.41) is 11.6. The zero-order chi connectivity index (χ0) is 27.5. The smallest absolute Gasteiger partial charge is 0.211 e. The Morgan fingerprint density at radius 3 is 2.08 bits per heavy atom. The number of ether oxygens (including phenoxy) is 3. The van der Waals surface area contributed by atoms with E-state index in [0.717, 1.165) is 44.1 Å². The van der Waals surface area contributed by atoms with E-state index < -0.39 is 0 Å². The highest BCUT2D eigenvalue weighted by molar-refractivity contribution is 7.07. The van der Waals surface area contributed by atoms with Gasteiger partial charge in [0.25, 0.3) is 0 Å². The van der Waals surface area contributed by atoms with Crippen LogP contribution >= 0.6 is 11.3 Å². The average Bonchev–Trinajstić information content (AvgIpc) is 3.40. The predicted octanol–water partition coefficient (Wildman–Crippen LogP) is 7.06. The summed E-state index contributed by atoms with van der Waals surface area (Å²) in [6, 6.07) is 26.5. The van der Waals surface area contributed by atoms with Crippen molar-refractivity contribution in [1.29, 1.82) is 0 Å². The van der Waals surface area contributed by atoms with Crippen LogP contribution in [0.25, 0.3) is 32.8 Å². The molecular formula is C32H26N4O3S. The van der Waals surface area contributed by atoms with Gasteiger partial charge in [-0.05, 0) is 51.9 Å². The Kier molecular flexibility index (Phi) is 6.99. The summed E-state index contributed by atoms with van der Waals surface area (Å²) in [6.07, 6.45) is 5.37.